The standard InChI is InChI=1S/C36H32BClF6N2O5/c1-18(2)25-16-26-32(34(49)46(33(26)48)23-13-21(35(39,40)41)12-22(14-23)36(42,43)44)27-17-37(50)51-30(31(25)27)9-7-20(29-5-3-4-10-45-29)11-19-6-8-24(47)15-28(19)38/h3-6,8,10-15,18,26-27,30,32,47,50H,7,9,16-17H2,1-2H3/b20-11-/t26-,27+,30-,32-/m1/s1. The van der Waals surface area contributed by atoms with Crippen molar-refractivity contribution in [1.82, 2.24) is 4.98 Å². The molecule has 0 bridgehead atoms. The van der Waals surface area contributed by atoms with E-state index >= 15 is 0 Å². The zero-order valence-electron chi connectivity index (χ0n) is 27.3. The average molecular weight is 733 g/mol. The third kappa shape index (κ3) is 7.31. The lowest BCUT2D eigenvalue weighted by Gasteiger charge is -2.44. The second-order valence-electron chi connectivity index (χ2n) is 13.3. The maximum absolute atomic E-state index is 14.1. The highest BCUT2D eigenvalue weighted by molar-refractivity contribution is 6.43. The molecule has 1 aliphatic carbocycles. The molecule has 15 heteroatoms. The highest BCUT2D eigenvalue weighted by atomic mass is 35.5. The van der Waals surface area contributed by atoms with Crippen LogP contribution < -0.4 is 4.90 Å². The number of aromatic hydroxyl groups is 1. The molecule has 2 saturated heterocycles. The van der Waals surface area contributed by atoms with Gasteiger partial charge in [-0.15, -0.1) is 0 Å². The van der Waals surface area contributed by atoms with Crippen LogP contribution in [0.4, 0.5) is 32.0 Å². The van der Waals surface area contributed by atoms with Crippen LogP contribution in [0, 0.1) is 23.7 Å². The normalized spacial score (nSPS) is 22.9. The summed E-state index contributed by atoms with van der Waals surface area (Å²) in [6.07, 6.45) is -7.10. The van der Waals surface area contributed by atoms with E-state index in [2.05, 4.69) is 4.98 Å². The summed E-state index contributed by atoms with van der Waals surface area (Å²) < 4.78 is 88.4. The number of imide groups is 1. The molecule has 268 valence electrons. The van der Waals surface area contributed by atoms with Gasteiger partial charge in [0.25, 0.3) is 0 Å². The van der Waals surface area contributed by atoms with Gasteiger partial charge in [-0.3, -0.25) is 14.6 Å². The fourth-order valence-corrected chi connectivity index (χ4v) is 7.74. The van der Waals surface area contributed by atoms with Crippen molar-refractivity contribution in [3.05, 3.63) is 99.3 Å². The van der Waals surface area contributed by atoms with Gasteiger partial charge < -0.3 is 14.8 Å². The summed E-state index contributed by atoms with van der Waals surface area (Å²) in [6.45, 7) is 3.77. The number of hydrogen-bond donors (Lipinski definition) is 2. The van der Waals surface area contributed by atoms with Crippen molar-refractivity contribution in [3.8, 4) is 5.75 Å². The molecule has 4 atom stereocenters. The number of nitrogens with zero attached hydrogens (tertiary/aromatic N) is 2. The maximum atomic E-state index is 14.1. The topological polar surface area (TPSA) is 100.0 Å². The minimum Gasteiger partial charge on any atom is -0.508 e. The summed E-state index contributed by atoms with van der Waals surface area (Å²) in [7, 11) is -1.37. The number of alkyl halides is 6. The van der Waals surface area contributed by atoms with Gasteiger partial charge in [0.05, 0.1) is 45.5 Å². The molecular weight excluding hydrogens is 701 g/mol. The average Bonchev–Trinajstić information content (AvgIpc) is 3.31. The van der Waals surface area contributed by atoms with Crippen molar-refractivity contribution in [2.75, 3.05) is 4.90 Å². The Morgan fingerprint density at radius 2 is 1.71 bits per heavy atom. The SMILES string of the molecule is CC(C)C1=C2[C@@H](CC/C(=C/c3ccc(O)cc3Cl)c3ccccn3)OB(O)C[C@@H]2[C@@H]2C(=O)N(c3cc(C(F)(F)F)cc(C(F)(F)F)c3)C(=O)[C@@H]2C1. The number of fused-ring (bicyclic) bond motifs is 3. The second-order valence-corrected chi connectivity index (χ2v) is 13.7. The van der Waals surface area contributed by atoms with Gasteiger partial charge in [-0.05, 0) is 109 Å². The summed E-state index contributed by atoms with van der Waals surface area (Å²) in [5.74, 6) is -4.96. The number of hydrogen-bond acceptors (Lipinski definition) is 6. The summed E-state index contributed by atoms with van der Waals surface area (Å²) in [5.41, 5.74) is -0.633. The third-order valence-corrected chi connectivity index (χ3v) is 10.1. The summed E-state index contributed by atoms with van der Waals surface area (Å²) in [4.78, 5) is 32.9. The molecule has 2 aromatic carbocycles. The largest absolute Gasteiger partial charge is 0.508 e. The first kappa shape index (κ1) is 36.6. The number of allylic oxidation sites excluding steroid dienone is 2. The molecule has 3 aromatic rings. The molecule has 2 fully saturated rings. The molecule has 1 aromatic heterocycles. The minimum atomic E-state index is -5.18. The van der Waals surface area contributed by atoms with Crippen molar-refractivity contribution in [2.24, 2.45) is 23.7 Å². The van der Waals surface area contributed by atoms with Gasteiger partial charge in [0.1, 0.15) is 5.75 Å². The number of carbonyl (C=O) groups is 2. The van der Waals surface area contributed by atoms with Crippen LogP contribution in [0.5, 0.6) is 5.75 Å². The van der Waals surface area contributed by atoms with Crippen molar-refractivity contribution in [2.45, 2.75) is 57.9 Å². The lowest BCUT2D eigenvalue weighted by atomic mass is 9.57. The fourth-order valence-electron chi connectivity index (χ4n) is 7.51. The molecule has 6 rings (SSSR count). The first-order valence-corrected chi connectivity index (χ1v) is 16.7. The first-order chi connectivity index (χ1) is 23.9. The highest BCUT2D eigenvalue weighted by Gasteiger charge is 2.58. The zero-order chi connectivity index (χ0) is 37.0. The molecule has 0 saturated carbocycles. The van der Waals surface area contributed by atoms with Gasteiger partial charge in [0, 0.05) is 6.20 Å². The predicted molar refractivity (Wildman–Crippen MR) is 178 cm³/mol. The van der Waals surface area contributed by atoms with E-state index < -0.39 is 72.0 Å². The van der Waals surface area contributed by atoms with E-state index in [0.29, 0.717) is 45.3 Å². The van der Waals surface area contributed by atoms with Gasteiger partial charge in [0.2, 0.25) is 11.8 Å². The Bertz CT molecular complexity index is 1880. The second kappa shape index (κ2) is 13.8. The van der Waals surface area contributed by atoms with Crippen molar-refractivity contribution in [1.29, 1.82) is 0 Å². The van der Waals surface area contributed by atoms with Crippen molar-refractivity contribution >= 4 is 47.9 Å². The maximum Gasteiger partial charge on any atom is 0.455 e. The molecule has 0 spiro atoms. The van der Waals surface area contributed by atoms with Crippen LogP contribution in [0.15, 0.2) is 71.9 Å². The Kier molecular flexibility index (Phi) is 9.90. The van der Waals surface area contributed by atoms with Crippen molar-refractivity contribution < 1.29 is 50.7 Å². The third-order valence-electron chi connectivity index (χ3n) is 9.76. The van der Waals surface area contributed by atoms with E-state index in [-0.39, 0.29) is 36.9 Å². The van der Waals surface area contributed by atoms with E-state index in [1.807, 2.05) is 26.0 Å². The van der Waals surface area contributed by atoms with Crippen LogP contribution in [-0.4, -0.2) is 40.2 Å². The molecule has 2 aliphatic heterocycles. The van der Waals surface area contributed by atoms with Crippen LogP contribution in [0.2, 0.25) is 11.3 Å². The van der Waals surface area contributed by atoms with Gasteiger partial charge in [-0.25, -0.2) is 4.90 Å². The number of rotatable bonds is 7. The van der Waals surface area contributed by atoms with Crippen LogP contribution in [-0.2, 0) is 26.6 Å². The monoisotopic (exact) mass is 732 g/mol. The molecule has 3 aliphatic rings. The highest BCUT2D eigenvalue weighted by Crippen LogP contribution is 2.53. The Morgan fingerprint density at radius 3 is 2.29 bits per heavy atom. The van der Waals surface area contributed by atoms with Gasteiger partial charge in [-0.2, -0.15) is 26.3 Å². The van der Waals surface area contributed by atoms with Gasteiger partial charge >= 0.3 is 19.5 Å². The molecular formula is C36H32BClF6N2O5. The number of anilines is 1. The van der Waals surface area contributed by atoms with Crippen LogP contribution in [0.25, 0.3) is 11.6 Å². The lowest BCUT2D eigenvalue weighted by Crippen LogP contribution is -2.46. The van der Waals surface area contributed by atoms with Gasteiger partial charge in [0.15, 0.2) is 0 Å². The molecule has 7 nitrogen and oxygen atoms in total. The number of phenols is 1. The number of pyridine rings is 1. The van der Waals surface area contributed by atoms with Crippen LogP contribution >= 0.6 is 11.6 Å². The van der Waals surface area contributed by atoms with Crippen molar-refractivity contribution in [3.63, 3.8) is 0 Å². The number of aromatic nitrogens is 1. The summed E-state index contributed by atoms with van der Waals surface area (Å²) in [5, 5.41) is 21.1. The Balaban J connectivity index is 1.36. The Labute approximate surface area is 294 Å². The van der Waals surface area contributed by atoms with Crippen LogP contribution in [0.1, 0.15) is 55.5 Å². The van der Waals surface area contributed by atoms with E-state index in [4.69, 9.17) is 16.3 Å². The number of phenolic OH excluding ortho intramolecular Hbond substituents is 1. The van der Waals surface area contributed by atoms with Crippen LogP contribution in [0.3, 0.4) is 0 Å². The molecule has 2 amide bonds. The van der Waals surface area contributed by atoms with E-state index in [9.17, 15) is 46.1 Å². The molecule has 2 N–H and O–H groups in total. The number of benzene rings is 2. The smallest absolute Gasteiger partial charge is 0.455 e. The van der Waals surface area contributed by atoms with E-state index in [0.717, 1.165) is 11.1 Å². The Hall–Kier alpha value is -4.14. The summed E-state index contributed by atoms with van der Waals surface area (Å²) >= 11 is 6.40. The molecule has 51 heavy (non-hydrogen) atoms. The quantitative estimate of drug-likeness (QED) is 0.110. The predicted octanol–water partition coefficient (Wildman–Crippen LogP) is 8.46. The van der Waals surface area contributed by atoms with E-state index in [1.165, 1.54) is 12.1 Å². The zero-order valence-corrected chi connectivity index (χ0v) is 28.1. The summed E-state index contributed by atoms with van der Waals surface area (Å²) in [6, 6.07) is 10.6. The molecule has 0 radical (unpaired) electrons. The fraction of sp³-hybridized carbons (Fsp3) is 0.361. The Morgan fingerprint density at radius 1 is 1.02 bits per heavy atom. The van der Waals surface area contributed by atoms with Gasteiger partial charge in [-0.1, -0.05) is 37.1 Å². The van der Waals surface area contributed by atoms with E-state index in [1.54, 1.807) is 24.4 Å². The molecule has 0 unspecified atom stereocenters. The lowest BCUT2D eigenvalue weighted by molar-refractivity contribution is -0.143. The first-order valence-electron chi connectivity index (χ1n) is 16.3. The molecule has 3 heterocycles. The number of amides is 2. The number of carbonyl (C=O) groups excluding carboxylic acids is 2. The minimum absolute atomic E-state index is 0.0108. The number of halogens is 7.